The summed E-state index contributed by atoms with van der Waals surface area (Å²) in [6, 6.07) is 7.34. The number of hydrogen-bond donors (Lipinski definition) is 0. The Morgan fingerprint density at radius 1 is 1.25 bits per heavy atom. The lowest BCUT2D eigenvalue weighted by Crippen LogP contribution is -2.41. The third-order valence-corrected chi connectivity index (χ3v) is 3.95. The summed E-state index contributed by atoms with van der Waals surface area (Å²) >= 11 is 5.92. The van der Waals surface area contributed by atoms with E-state index in [1.807, 2.05) is 18.2 Å². The molecular formula is C17H19ClFN3O2. The number of alkyl halides is 1. The molecule has 1 aromatic heterocycles. The molecule has 0 radical (unpaired) electrons. The highest BCUT2D eigenvalue weighted by Gasteiger charge is 2.23. The fraction of sp³-hybridized carbons (Fsp3) is 0.412. The lowest BCUT2D eigenvalue weighted by Gasteiger charge is -2.33. The van der Waals surface area contributed by atoms with Crippen LogP contribution in [0.15, 0.2) is 36.7 Å². The average molecular weight is 352 g/mol. The molecule has 1 saturated heterocycles. The van der Waals surface area contributed by atoms with Crippen LogP contribution in [0.25, 0.3) is 0 Å². The van der Waals surface area contributed by atoms with Gasteiger partial charge in [-0.15, -0.1) is 0 Å². The number of piperidine rings is 1. The Balaban J connectivity index is 1.67. The van der Waals surface area contributed by atoms with Crippen molar-refractivity contribution in [3.05, 3.63) is 41.8 Å². The Bertz CT molecular complexity index is 674. The largest absolute Gasteiger partial charge is 0.487 e. The predicted octanol–water partition coefficient (Wildman–Crippen LogP) is 3.53. The molecule has 0 bridgehead atoms. The normalized spacial score (nSPS) is 17.6. The molecule has 0 spiro atoms. The summed E-state index contributed by atoms with van der Waals surface area (Å²) in [7, 11) is 0. The Labute approximate surface area is 145 Å². The summed E-state index contributed by atoms with van der Waals surface area (Å²) in [5, 5.41) is 0.375. The first-order chi connectivity index (χ1) is 11.8. The molecule has 24 heavy (non-hydrogen) atoms. The van der Waals surface area contributed by atoms with Crippen molar-refractivity contribution in [2.24, 2.45) is 0 Å². The predicted molar refractivity (Wildman–Crippen MR) is 90.8 cm³/mol. The summed E-state index contributed by atoms with van der Waals surface area (Å²) in [6.45, 7) is 1.07. The van der Waals surface area contributed by atoms with E-state index < -0.39 is 6.67 Å². The van der Waals surface area contributed by atoms with Crippen LogP contribution in [0.4, 0.5) is 10.2 Å². The summed E-state index contributed by atoms with van der Waals surface area (Å²) < 4.78 is 23.8. The van der Waals surface area contributed by atoms with Gasteiger partial charge in [-0.1, -0.05) is 23.7 Å². The van der Waals surface area contributed by atoms with Crippen molar-refractivity contribution in [3.8, 4) is 11.5 Å². The minimum Gasteiger partial charge on any atom is -0.487 e. The summed E-state index contributed by atoms with van der Waals surface area (Å²) in [6.07, 6.45) is 5.12. The van der Waals surface area contributed by atoms with Crippen molar-refractivity contribution in [2.45, 2.75) is 18.9 Å². The summed E-state index contributed by atoms with van der Waals surface area (Å²) in [5.74, 6) is 1.95. The van der Waals surface area contributed by atoms with E-state index in [1.165, 1.54) is 6.20 Å². The standard InChI is InChI=1S/C17H19ClFN3O2/c18-16-10-20-11-17(21-16)22-8-3-4-13(12-22)24-15-6-2-1-5-14(15)23-9-7-19/h1-2,5-6,10-11,13H,3-4,7-9,12H2. The maximum Gasteiger partial charge on any atom is 0.161 e. The number of benzene rings is 1. The van der Waals surface area contributed by atoms with Crippen molar-refractivity contribution >= 4 is 17.4 Å². The van der Waals surface area contributed by atoms with Crippen molar-refractivity contribution in [2.75, 3.05) is 31.3 Å². The van der Waals surface area contributed by atoms with Crippen LogP contribution in [-0.4, -0.2) is 42.4 Å². The molecule has 1 aliphatic rings. The summed E-state index contributed by atoms with van der Waals surface area (Å²) in [5.41, 5.74) is 0. The zero-order chi connectivity index (χ0) is 16.8. The molecule has 5 nitrogen and oxygen atoms in total. The zero-order valence-electron chi connectivity index (χ0n) is 13.2. The molecule has 7 heteroatoms. The molecule has 1 unspecified atom stereocenters. The number of anilines is 1. The first-order valence-corrected chi connectivity index (χ1v) is 8.31. The first kappa shape index (κ1) is 16.8. The van der Waals surface area contributed by atoms with Crippen molar-refractivity contribution < 1.29 is 13.9 Å². The Morgan fingerprint density at radius 2 is 2.08 bits per heavy atom. The van der Waals surface area contributed by atoms with Gasteiger partial charge >= 0.3 is 0 Å². The molecule has 3 rings (SSSR count). The van der Waals surface area contributed by atoms with E-state index in [-0.39, 0.29) is 12.7 Å². The van der Waals surface area contributed by atoms with Crippen molar-refractivity contribution in [3.63, 3.8) is 0 Å². The number of hydrogen-bond acceptors (Lipinski definition) is 5. The number of halogens is 2. The van der Waals surface area contributed by atoms with Gasteiger partial charge in [-0.2, -0.15) is 0 Å². The van der Waals surface area contributed by atoms with Crippen LogP contribution in [0.1, 0.15) is 12.8 Å². The lowest BCUT2D eigenvalue weighted by atomic mass is 10.1. The fourth-order valence-corrected chi connectivity index (χ4v) is 2.87. The highest BCUT2D eigenvalue weighted by molar-refractivity contribution is 6.29. The van der Waals surface area contributed by atoms with Crippen LogP contribution in [0.5, 0.6) is 11.5 Å². The van der Waals surface area contributed by atoms with Gasteiger partial charge in [0.05, 0.1) is 18.9 Å². The maximum atomic E-state index is 12.3. The second-order valence-corrected chi connectivity index (χ2v) is 5.90. The van der Waals surface area contributed by atoms with E-state index in [4.69, 9.17) is 21.1 Å². The lowest BCUT2D eigenvalue weighted by molar-refractivity contribution is 0.167. The molecule has 1 fully saturated rings. The van der Waals surface area contributed by atoms with Gasteiger partial charge in [0.25, 0.3) is 0 Å². The van der Waals surface area contributed by atoms with Gasteiger partial charge in [0.1, 0.15) is 30.4 Å². The van der Waals surface area contributed by atoms with Gasteiger partial charge in [-0.05, 0) is 25.0 Å². The van der Waals surface area contributed by atoms with Gasteiger partial charge in [-0.3, -0.25) is 4.98 Å². The van der Waals surface area contributed by atoms with Crippen LogP contribution < -0.4 is 14.4 Å². The van der Waals surface area contributed by atoms with E-state index in [1.54, 1.807) is 12.3 Å². The Kier molecular flexibility index (Phi) is 5.69. The smallest absolute Gasteiger partial charge is 0.161 e. The molecule has 128 valence electrons. The topological polar surface area (TPSA) is 47.5 Å². The fourth-order valence-electron chi connectivity index (χ4n) is 2.72. The van der Waals surface area contributed by atoms with Crippen LogP contribution in [0.2, 0.25) is 5.15 Å². The molecule has 0 amide bonds. The minimum atomic E-state index is -0.529. The molecule has 2 aromatic rings. The quantitative estimate of drug-likeness (QED) is 0.796. The summed E-state index contributed by atoms with van der Waals surface area (Å²) in [4.78, 5) is 10.5. The Hall–Kier alpha value is -2.08. The average Bonchev–Trinajstić information content (AvgIpc) is 2.61. The number of para-hydroxylation sites is 2. The van der Waals surface area contributed by atoms with Crippen molar-refractivity contribution in [1.29, 1.82) is 0 Å². The molecule has 1 aromatic carbocycles. The van der Waals surface area contributed by atoms with E-state index in [0.29, 0.717) is 23.2 Å². The maximum absolute atomic E-state index is 12.3. The SMILES string of the molecule is FCCOc1ccccc1OC1CCCN(c2cncc(Cl)n2)C1. The van der Waals surface area contributed by atoms with E-state index >= 15 is 0 Å². The van der Waals surface area contributed by atoms with Gasteiger partial charge in [0.15, 0.2) is 11.5 Å². The van der Waals surface area contributed by atoms with E-state index in [9.17, 15) is 4.39 Å². The third kappa shape index (κ3) is 4.26. The second-order valence-electron chi connectivity index (χ2n) is 5.51. The number of ether oxygens (including phenoxy) is 2. The highest BCUT2D eigenvalue weighted by atomic mass is 35.5. The third-order valence-electron chi connectivity index (χ3n) is 3.77. The molecular weight excluding hydrogens is 333 g/mol. The first-order valence-electron chi connectivity index (χ1n) is 7.93. The van der Waals surface area contributed by atoms with Crippen LogP contribution in [-0.2, 0) is 0 Å². The van der Waals surface area contributed by atoms with Crippen LogP contribution in [0, 0.1) is 0 Å². The van der Waals surface area contributed by atoms with Gasteiger partial charge < -0.3 is 14.4 Å². The van der Waals surface area contributed by atoms with Gasteiger partial charge in [0.2, 0.25) is 0 Å². The Morgan fingerprint density at radius 3 is 2.88 bits per heavy atom. The molecule has 1 atom stereocenters. The molecule has 2 heterocycles. The highest BCUT2D eigenvalue weighted by Crippen LogP contribution is 2.29. The van der Waals surface area contributed by atoms with E-state index in [2.05, 4.69) is 14.9 Å². The zero-order valence-corrected chi connectivity index (χ0v) is 14.0. The van der Waals surface area contributed by atoms with Crippen LogP contribution in [0.3, 0.4) is 0 Å². The molecule has 0 aliphatic carbocycles. The second kappa shape index (κ2) is 8.15. The molecule has 0 N–H and O–H groups in total. The van der Waals surface area contributed by atoms with E-state index in [0.717, 1.165) is 25.2 Å². The number of aromatic nitrogens is 2. The number of rotatable bonds is 6. The van der Waals surface area contributed by atoms with Crippen LogP contribution >= 0.6 is 11.6 Å². The van der Waals surface area contributed by atoms with Gasteiger partial charge in [-0.25, -0.2) is 9.37 Å². The molecule has 0 saturated carbocycles. The minimum absolute atomic E-state index is 0.00495. The van der Waals surface area contributed by atoms with Gasteiger partial charge in [0, 0.05) is 6.54 Å². The molecule has 1 aliphatic heterocycles. The number of nitrogens with zero attached hydrogens (tertiary/aromatic N) is 3. The monoisotopic (exact) mass is 351 g/mol. The van der Waals surface area contributed by atoms with Crippen molar-refractivity contribution in [1.82, 2.24) is 9.97 Å².